The lowest BCUT2D eigenvalue weighted by atomic mass is 9.92. The van der Waals surface area contributed by atoms with E-state index < -0.39 is 11.7 Å². The maximum atomic E-state index is 12.8. The van der Waals surface area contributed by atoms with Crippen LogP contribution in [0, 0.1) is 5.41 Å². The van der Waals surface area contributed by atoms with Crippen molar-refractivity contribution >= 4 is 17.3 Å². The summed E-state index contributed by atoms with van der Waals surface area (Å²) < 4.78 is 38.4. The van der Waals surface area contributed by atoms with Crippen molar-refractivity contribution in [2.45, 2.75) is 33.4 Å². The lowest BCUT2D eigenvalue weighted by molar-refractivity contribution is -0.136. The average Bonchev–Trinajstić information content (AvgIpc) is 2.16. The summed E-state index contributed by atoms with van der Waals surface area (Å²) in [6.07, 6.45) is -3.63. The van der Waals surface area contributed by atoms with Gasteiger partial charge in [-0.15, -0.1) is 0 Å². The Labute approximate surface area is 110 Å². The molecular formula is C13H17ClF3N. The first-order chi connectivity index (χ1) is 8.11. The highest BCUT2D eigenvalue weighted by Gasteiger charge is 2.34. The summed E-state index contributed by atoms with van der Waals surface area (Å²) in [6.45, 7) is 6.56. The van der Waals surface area contributed by atoms with E-state index >= 15 is 0 Å². The van der Waals surface area contributed by atoms with Crippen LogP contribution in [-0.2, 0) is 6.18 Å². The quantitative estimate of drug-likeness (QED) is 0.801. The molecule has 0 aliphatic carbocycles. The second-order valence-electron chi connectivity index (χ2n) is 5.40. The van der Waals surface area contributed by atoms with Gasteiger partial charge in [0.05, 0.1) is 16.3 Å². The largest absolute Gasteiger partial charge is 0.418 e. The van der Waals surface area contributed by atoms with Crippen LogP contribution in [-0.4, -0.2) is 6.54 Å². The minimum absolute atomic E-state index is 0.0316. The van der Waals surface area contributed by atoms with Crippen molar-refractivity contribution in [1.82, 2.24) is 0 Å². The van der Waals surface area contributed by atoms with Gasteiger partial charge in [0.25, 0.3) is 0 Å². The lowest BCUT2D eigenvalue weighted by Gasteiger charge is -2.20. The number of hydrogen-bond acceptors (Lipinski definition) is 1. The topological polar surface area (TPSA) is 12.0 Å². The molecule has 0 spiro atoms. The molecule has 0 heterocycles. The molecule has 0 fully saturated rings. The maximum Gasteiger partial charge on any atom is 0.418 e. The van der Waals surface area contributed by atoms with Crippen LogP contribution in [0.2, 0.25) is 5.02 Å². The standard InChI is InChI=1S/C13H17ClF3N/c1-12(2,3)7-8-18-11-9(13(15,16)17)5-4-6-10(11)14/h4-6,18H,7-8H2,1-3H3. The van der Waals surface area contributed by atoms with Crippen molar-refractivity contribution in [1.29, 1.82) is 0 Å². The van der Waals surface area contributed by atoms with Crippen molar-refractivity contribution in [2.75, 3.05) is 11.9 Å². The maximum absolute atomic E-state index is 12.8. The van der Waals surface area contributed by atoms with Crippen LogP contribution >= 0.6 is 11.6 Å². The Balaban J connectivity index is 2.88. The summed E-state index contributed by atoms with van der Waals surface area (Å²) in [7, 11) is 0. The number of rotatable bonds is 3. The zero-order chi connectivity index (χ0) is 14.0. The van der Waals surface area contributed by atoms with E-state index in [0.717, 1.165) is 12.5 Å². The van der Waals surface area contributed by atoms with E-state index in [9.17, 15) is 13.2 Å². The summed E-state index contributed by atoms with van der Waals surface area (Å²) in [4.78, 5) is 0. The first-order valence-corrected chi connectivity index (χ1v) is 6.09. The molecule has 1 aromatic carbocycles. The van der Waals surface area contributed by atoms with Gasteiger partial charge in [-0.05, 0) is 24.0 Å². The Morgan fingerprint density at radius 3 is 2.28 bits per heavy atom. The van der Waals surface area contributed by atoms with Gasteiger partial charge in [-0.2, -0.15) is 13.2 Å². The number of hydrogen-bond donors (Lipinski definition) is 1. The van der Waals surface area contributed by atoms with E-state index in [-0.39, 0.29) is 16.1 Å². The Hall–Kier alpha value is -0.900. The van der Waals surface area contributed by atoms with Crippen molar-refractivity contribution in [3.05, 3.63) is 28.8 Å². The molecule has 1 N–H and O–H groups in total. The van der Waals surface area contributed by atoms with Crippen LogP contribution in [0.4, 0.5) is 18.9 Å². The molecule has 0 aliphatic heterocycles. The van der Waals surface area contributed by atoms with E-state index in [1.807, 2.05) is 20.8 Å². The molecule has 1 aromatic rings. The fourth-order valence-electron chi connectivity index (χ4n) is 1.50. The van der Waals surface area contributed by atoms with Crippen LogP contribution < -0.4 is 5.32 Å². The van der Waals surface area contributed by atoms with Crippen molar-refractivity contribution in [3.63, 3.8) is 0 Å². The molecule has 5 heteroatoms. The summed E-state index contributed by atoms with van der Waals surface area (Å²) in [5.74, 6) is 0. The molecule has 0 saturated heterocycles. The molecule has 0 aromatic heterocycles. The number of alkyl halides is 3. The lowest BCUT2D eigenvalue weighted by Crippen LogP contribution is -2.16. The fraction of sp³-hybridized carbons (Fsp3) is 0.538. The Morgan fingerprint density at radius 1 is 1.17 bits per heavy atom. The van der Waals surface area contributed by atoms with Gasteiger partial charge in [0, 0.05) is 6.54 Å². The monoisotopic (exact) mass is 279 g/mol. The highest BCUT2D eigenvalue weighted by Crippen LogP contribution is 2.38. The first-order valence-electron chi connectivity index (χ1n) is 5.71. The number of nitrogens with one attached hydrogen (secondary N) is 1. The third kappa shape index (κ3) is 4.41. The van der Waals surface area contributed by atoms with Crippen molar-refractivity contribution in [2.24, 2.45) is 5.41 Å². The van der Waals surface area contributed by atoms with E-state index in [2.05, 4.69) is 5.32 Å². The molecule has 102 valence electrons. The molecule has 0 aliphatic rings. The van der Waals surface area contributed by atoms with Crippen molar-refractivity contribution < 1.29 is 13.2 Å². The van der Waals surface area contributed by atoms with Gasteiger partial charge in [0.1, 0.15) is 0 Å². The van der Waals surface area contributed by atoms with Crippen LogP contribution in [0.25, 0.3) is 0 Å². The summed E-state index contributed by atoms with van der Waals surface area (Å²) in [6, 6.07) is 3.79. The van der Waals surface area contributed by atoms with E-state index in [0.29, 0.717) is 6.54 Å². The van der Waals surface area contributed by atoms with Gasteiger partial charge in [0.15, 0.2) is 0 Å². The zero-order valence-corrected chi connectivity index (χ0v) is 11.4. The van der Waals surface area contributed by atoms with Gasteiger partial charge in [0.2, 0.25) is 0 Å². The molecule has 0 unspecified atom stereocenters. The molecule has 18 heavy (non-hydrogen) atoms. The van der Waals surface area contributed by atoms with Gasteiger partial charge in [-0.1, -0.05) is 38.4 Å². The summed E-state index contributed by atoms with van der Waals surface area (Å²) in [5, 5.41) is 2.89. The molecular weight excluding hydrogens is 263 g/mol. The smallest absolute Gasteiger partial charge is 0.383 e. The molecule has 0 amide bonds. The highest BCUT2D eigenvalue weighted by atomic mass is 35.5. The SMILES string of the molecule is CC(C)(C)CCNc1c(Cl)cccc1C(F)(F)F. The molecule has 0 atom stereocenters. The molecule has 0 bridgehead atoms. The fourth-order valence-corrected chi connectivity index (χ4v) is 1.74. The normalized spacial score (nSPS) is 12.6. The first kappa shape index (κ1) is 15.2. The van der Waals surface area contributed by atoms with Crippen LogP contribution in [0.3, 0.4) is 0 Å². The van der Waals surface area contributed by atoms with Gasteiger partial charge in [-0.25, -0.2) is 0 Å². The zero-order valence-electron chi connectivity index (χ0n) is 10.7. The number of halogens is 4. The van der Waals surface area contributed by atoms with E-state index in [1.54, 1.807) is 0 Å². The minimum Gasteiger partial charge on any atom is -0.383 e. The predicted molar refractivity (Wildman–Crippen MR) is 69.0 cm³/mol. The highest BCUT2D eigenvalue weighted by molar-refractivity contribution is 6.33. The summed E-state index contributed by atoms with van der Waals surface area (Å²) in [5.41, 5.74) is -0.688. The van der Waals surface area contributed by atoms with Gasteiger partial charge >= 0.3 is 6.18 Å². The second kappa shape index (κ2) is 5.39. The molecule has 0 radical (unpaired) electrons. The van der Waals surface area contributed by atoms with Gasteiger partial charge < -0.3 is 5.32 Å². The van der Waals surface area contributed by atoms with Crippen molar-refractivity contribution in [3.8, 4) is 0 Å². The Kier molecular flexibility index (Phi) is 4.54. The Morgan fingerprint density at radius 2 is 1.78 bits per heavy atom. The van der Waals surface area contributed by atoms with E-state index in [1.165, 1.54) is 12.1 Å². The average molecular weight is 280 g/mol. The third-order valence-electron chi connectivity index (χ3n) is 2.50. The third-order valence-corrected chi connectivity index (χ3v) is 2.81. The predicted octanol–water partition coefficient (Wildman–Crippen LogP) is 5.21. The molecule has 1 rings (SSSR count). The number of para-hydroxylation sites is 1. The molecule has 0 saturated carbocycles. The summed E-state index contributed by atoms with van der Waals surface area (Å²) >= 11 is 5.82. The number of benzene rings is 1. The number of anilines is 1. The van der Waals surface area contributed by atoms with Crippen LogP contribution in [0.1, 0.15) is 32.8 Å². The Bertz CT molecular complexity index is 408. The van der Waals surface area contributed by atoms with E-state index in [4.69, 9.17) is 11.6 Å². The van der Waals surface area contributed by atoms with Crippen LogP contribution in [0.15, 0.2) is 18.2 Å². The molecule has 1 nitrogen and oxygen atoms in total. The second-order valence-corrected chi connectivity index (χ2v) is 5.80. The minimum atomic E-state index is -4.39. The van der Waals surface area contributed by atoms with Gasteiger partial charge in [-0.3, -0.25) is 0 Å². The van der Waals surface area contributed by atoms with Crippen LogP contribution in [0.5, 0.6) is 0 Å².